The lowest BCUT2D eigenvalue weighted by atomic mass is 9.65. The van der Waals surface area contributed by atoms with Gasteiger partial charge in [-0.1, -0.05) is 103 Å². The van der Waals surface area contributed by atoms with Gasteiger partial charge in [0.2, 0.25) is 11.8 Å². The van der Waals surface area contributed by atoms with Gasteiger partial charge in [0.15, 0.2) is 0 Å². The van der Waals surface area contributed by atoms with Crippen molar-refractivity contribution >= 4 is 34.5 Å². The number of aliphatic hydroxyl groups excluding tert-OH is 1. The molecule has 6 aromatic rings. The van der Waals surface area contributed by atoms with Gasteiger partial charge in [0, 0.05) is 11.3 Å². The Labute approximate surface area is 359 Å². The number of anilines is 1. The highest BCUT2D eigenvalue weighted by Gasteiger charge is 2.74. The minimum atomic E-state index is -1.70. The molecule has 5 aromatic carbocycles. The average molecular weight is 824 g/mol. The van der Waals surface area contributed by atoms with E-state index in [1.165, 1.54) is 0 Å². The number of hydrogen-bond donors (Lipinski definition) is 4. The van der Waals surface area contributed by atoms with Gasteiger partial charge in [-0.15, -0.1) is 0 Å². The molecule has 4 heterocycles. The number of esters is 1. The molecule has 310 valence electrons. The number of allylic oxidation sites excluding steroid dienone is 2. The van der Waals surface area contributed by atoms with Gasteiger partial charge in [-0.05, 0) is 96.0 Å². The third-order valence-corrected chi connectivity index (χ3v) is 12.7. The lowest BCUT2D eigenvalue weighted by molar-refractivity contribution is -0.178. The molecule has 2 amide bonds. The summed E-state index contributed by atoms with van der Waals surface area (Å²) in [5.41, 5.74) is 4.98. The number of nitrogens with one attached hydrogen (secondary N) is 3. The van der Waals surface area contributed by atoms with Crippen LogP contribution in [-0.2, 0) is 31.1 Å². The number of para-hydroxylation sites is 2. The lowest BCUT2D eigenvalue weighted by Crippen LogP contribution is -2.54. The van der Waals surface area contributed by atoms with Crippen molar-refractivity contribution in [2.75, 3.05) is 18.5 Å². The van der Waals surface area contributed by atoms with Gasteiger partial charge in [-0.2, -0.15) is 0 Å². The van der Waals surface area contributed by atoms with Crippen LogP contribution >= 0.6 is 0 Å². The monoisotopic (exact) mass is 823 g/mol. The van der Waals surface area contributed by atoms with Crippen molar-refractivity contribution in [1.82, 2.24) is 20.2 Å². The molecule has 4 N–H and O–H groups in total. The van der Waals surface area contributed by atoms with Crippen molar-refractivity contribution in [1.29, 1.82) is 0 Å². The third-order valence-electron chi connectivity index (χ3n) is 12.7. The predicted molar refractivity (Wildman–Crippen MR) is 233 cm³/mol. The van der Waals surface area contributed by atoms with Crippen molar-refractivity contribution in [2.45, 2.75) is 61.9 Å². The van der Waals surface area contributed by atoms with Crippen LogP contribution < -0.4 is 15.4 Å². The van der Waals surface area contributed by atoms with Gasteiger partial charge in [0.25, 0.3) is 0 Å². The van der Waals surface area contributed by atoms with Crippen LogP contribution in [0.4, 0.5) is 5.69 Å². The van der Waals surface area contributed by atoms with Crippen LogP contribution in [0.25, 0.3) is 11.0 Å². The van der Waals surface area contributed by atoms with Crippen LogP contribution in [0.2, 0.25) is 0 Å². The minimum Gasteiger partial charge on any atom is -0.491 e. The molecule has 62 heavy (non-hydrogen) atoms. The van der Waals surface area contributed by atoms with Crippen molar-refractivity contribution < 1.29 is 29.0 Å². The molecule has 6 atom stereocenters. The van der Waals surface area contributed by atoms with Crippen LogP contribution in [0.3, 0.4) is 0 Å². The zero-order valence-corrected chi connectivity index (χ0v) is 33.9. The Bertz CT molecular complexity index is 2740. The number of aliphatic hydroxyl groups is 1. The summed E-state index contributed by atoms with van der Waals surface area (Å²) in [5, 5.41) is 16.0. The van der Waals surface area contributed by atoms with Crippen LogP contribution in [0.1, 0.15) is 77.5 Å². The van der Waals surface area contributed by atoms with Gasteiger partial charge in [-0.25, -0.2) is 4.98 Å². The molecule has 10 rings (SSSR count). The van der Waals surface area contributed by atoms with E-state index in [0.29, 0.717) is 34.0 Å². The second kappa shape index (κ2) is 16.5. The fourth-order valence-electron chi connectivity index (χ4n) is 10.1. The summed E-state index contributed by atoms with van der Waals surface area (Å²) in [7, 11) is 0. The maximum Gasteiger partial charge on any atom is 0.324 e. The Balaban J connectivity index is 1.21. The first kappa shape index (κ1) is 39.2. The van der Waals surface area contributed by atoms with E-state index in [4.69, 9.17) is 14.5 Å². The Kier molecular flexibility index (Phi) is 10.4. The molecule has 3 aliphatic heterocycles. The first-order valence-corrected chi connectivity index (χ1v) is 21.2. The summed E-state index contributed by atoms with van der Waals surface area (Å²) in [6.45, 7) is -0.132. The second-order valence-corrected chi connectivity index (χ2v) is 16.3. The first-order valence-electron chi connectivity index (χ1n) is 21.2. The highest BCUT2D eigenvalue weighted by atomic mass is 16.6. The zero-order valence-electron chi connectivity index (χ0n) is 33.9. The number of rotatable bonds is 9. The number of benzene rings is 5. The normalized spacial score (nSPS) is 24.0. The third kappa shape index (κ3) is 6.82. The quantitative estimate of drug-likeness (QED) is 0.0874. The van der Waals surface area contributed by atoms with Crippen LogP contribution in [0.5, 0.6) is 5.75 Å². The Morgan fingerprint density at radius 2 is 1.65 bits per heavy atom. The number of cyclic esters (lactones) is 1. The summed E-state index contributed by atoms with van der Waals surface area (Å²) < 4.78 is 12.5. The lowest BCUT2D eigenvalue weighted by Gasteiger charge is -2.46. The number of ether oxygens (including phenoxy) is 2. The van der Waals surface area contributed by atoms with Gasteiger partial charge in [0.05, 0.1) is 42.2 Å². The highest BCUT2D eigenvalue weighted by Crippen LogP contribution is 2.65. The van der Waals surface area contributed by atoms with E-state index in [9.17, 15) is 5.11 Å². The first-order chi connectivity index (χ1) is 30.4. The number of nitrogens with zero attached hydrogens (tertiary/aromatic N) is 2. The number of morpholine rings is 1. The largest absolute Gasteiger partial charge is 0.491 e. The van der Waals surface area contributed by atoms with E-state index in [2.05, 4.69) is 38.4 Å². The van der Waals surface area contributed by atoms with E-state index in [-0.39, 0.29) is 19.8 Å². The molecule has 4 aliphatic rings. The van der Waals surface area contributed by atoms with E-state index in [1.807, 2.05) is 121 Å². The Morgan fingerprint density at radius 3 is 2.42 bits per heavy atom. The maximum absolute atomic E-state index is 15.6. The SMILES string of the molecule is O=C1OC(c2ccccc2)C(c2ccccc2)N2C1C(C(=O)NCc1nc3ccccc3[nH]1)C1(C(=O)Nc3ccc(C#CC4=CCCCC4)cc31)C2c1cccc(OCCO)c1. The van der Waals surface area contributed by atoms with Crippen LogP contribution in [-0.4, -0.2) is 57.0 Å². The standard InChI is InChI=1S/C51H45N5O6/c57-27-28-61-37-20-12-19-36(30-37)47-51(38-29-33(25-26-39(38)55-50(51)60)24-23-32-13-4-1-5-14-32)43(48(58)52-31-42-53-40-21-10-11-22-41(40)54-42)45-49(59)62-46(35-17-8-3-9-18-35)44(56(45)47)34-15-6-2-7-16-34/h2-3,6-13,15-22,25-26,29-30,43-47,57H,1,4-5,14,27-28,31H2,(H,52,58)(H,53,54)(H,55,60). The smallest absolute Gasteiger partial charge is 0.324 e. The zero-order chi connectivity index (χ0) is 42.2. The fraction of sp³-hybridized carbons (Fsp3) is 0.255. The summed E-state index contributed by atoms with van der Waals surface area (Å²) >= 11 is 0. The number of hydrogen-bond acceptors (Lipinski definition) is 8. The molecule has 1 aromatic heterocycles. The number of imidazole rings is 1. The summed E-state index contributed by atoms with van der Waals surface area (Å²) in [4.78, 5) is 56.3. The number of H-pyrrole nitrogens is 1. The maximum atomic E-state index is 15.6. The molecule has 1 aliphatic carbocycles. The van der Waals surface area contributed by atoms with Gasteiger partial charge < -0.3 is 30.2 Å². The Morgan fingerprint density at radius 1 is 0.871 bits per heavy atom. The van der Waals surface area contributed by atoms with E-state index in [1.54, 1.807) is 6.07 Å². The molecule has 0 radical (unpaired) electrons. The molecule has 2 fully saturated rings. The molecule has 6 unspecified atom stereocenters. The van der Waals surface area contributed by atoms with Gasteiger partial charge in [-0.3, -0.25) is 19.3 Å². The second-order valence-electron chi connectivity index (χ2n) is 16.3. The van der Waals surface area contributed by atoms with Crippen molar-refractivity contribution in [3.05, 3.63) is 173 Å². The number of amides is 2. The molecular weight excluding hydrogens is 779 g/mol. The predicted octanol–water partition coefficient (Wildman–Crippen LogP) is 7.37. The minimum absolute atomic E-state index is 0.0148. The molecule has 11 nitrogen and oxygen atoms in total. The molecule has 11 heteroatoms. The fourth-order valence-corrected chi connectivity index (χ4v) is 10.1. The van der Waals surface area contributed by atoms with E-state index < -0.39 is 53.3 Å². The summed E-state index contributed by atoms with van der Waals surface area (Å²) in [6.07, 6.45) is 5.51. The summed E-state index contributed by atoms with van der Waals surface area (Å²) in [5.74, 6) is 4.88. The van der Waals surface area contributed by atoms with Crippen molar-refractivity contribution in [3.8, 4) is 17.6 Å². The van der Waals surface area contributed by atoms with Crippen molar-refractivity contribution in [2.24, 2.45) is 5.92 Å². The average Bonchev–Trinajstić information content (AvgIpc) is 3.97. The topological polar surface area (TPSA) is 146 Å². The highest BCUT2D eigenvalue weighted by molar-refractivity contribution is 6.12. The van der Waals surface area contributed by atoms with E-state index in [0.717, 1.165) is 53.4 Å². The van der Waals surface area contributed by atoms with Gasteiger partial charge in [0.1, 0.15) is 35.7 Å². The number of carbonyl (C=O) groups is 3. The van der Waals surface area contributed by atoms with Crippen LogP contribution in [0, 0.1) is 17.8 Å². The number of aromatic amines is 1. The van der Waals surface area contributed by atoms with Gasteiger partial charge >= 0.3 is 5.97 Å². The summed E-state index contributed by atoms with van der Waals surface area (Å²) in [6, 6.07) is 37.2. The van der Waals surface area contributed by atoms with E-state index >= 15 is 14.4 Å². The molecule has 2 saturated heterocycles. The van der Waals surface area contributed by atoms with Crippen molar-refractivity contribution in [3.63, 3.8) is 0 Å². The molecule has 1 spiro atoms. The molecular formula is C51H45N5O6. The van der Waals surface area contributed by atoms with Crippen LogP contribution in [0.15, 0.2) is 139 Å². The Hall–Kier alpha value is -7.00. The number of fused-ring (bicyclic) bond motifs is 4. The number of carbonyl (C=O) groups excluding carboxylic acids is 3. The number of aromatic nitrogens is 2. The molecule has 0 saturated carbocycles. The molecule has 0 bridgehead atoms.